The molecular weight excluding hydrogens is 250 g/mol. The lowest BCUT2D eigenvalue weighted by Crippen LogP contribution is -1.99. The van der Waals surface area contributed by atoms with Crippen LogP contribution in [0, 0.1) is 18.3 Å². The van der Waals surface area contributed by atoms with Gasteiger partial charge in [-0.25, -0.2) is 0 Å². The van der Waals surface area contributed by atoms with E-state index in [1.165, 1.54) is 0 Å². The molecule has 0 aliphatic heterocycles. The van der Waals surface area contributed by atoms with E-state index in [4.69, 9.17) is 10.00 Å². The normalized spacial score (nSPS) is 11.7. The van der Waals surface area contributed by atoms with Crippen LogP contribution in [0.25, 0.3) is 0 Å². The number of benzene rings is 2. The number of aliphatic hydroxyl groups is 1. The molecule has 0 fully saturated rings. The van der Waals surface area contributed by atoms with Gasteiger partial charge in [0.2, 0.25) is 0 Å². The van der Waals surface area contributed by atoms with E-state index in [2.05, 4.69) is 6.07 Å². The molecule has 0 radical (unpaired) electrons. The van der Waals surface area contributed by atoms with E-state index in [-0.39, 0.29) is 0 Å². The van der Waals surface area contributed by atoms with Crippen LogP contribution in [0.5, 0.6) is 5.75 Å². The molecule has 2 aromatic rings. The van der Waals surface area contributed by atoms with Crippen molar-refractivity contribution < 1.29 is 9.84 Å². The standard InChI is InChI=1S/C17H17NO2/c1-12-8-16(13(2)19)6-7-17(12)20-11-15-5-3-4-14(9-15)10-18/h3-9,13,19H,11H2,1-2H3/t13-/m1/s1. The summed E-state index contributed by atoms with van der Waals surface area (Å²) in [5.41, 5.74) is 3.46. The number of nitriles is 1. The van der Waals surface area contributed by atoms with Crippen molar-refractivity contribution in [3.8, 4) is 11.8 Å². The molecular formula is C17H17NO2. The predicted octanol–water partition coefficient (Wildman–Crippen LogP) is 3.50. The summed E-state index contributed by atoms with van der Waals surface area (Å²) < 4.78 is 5.77. The van der Waals surface area contributed by atoms with E-state index in [0.717, 1.165) is 22.4 Å². The van der Waals surface area contributed by atoms with Gasteiger partial charge >= 0.3 is 0 Å². The Hall–Kier alpha value is -2.31. The number of aliphatic hydroxyl groups excluding tert-OH is 1. The zero-order valence-electron chi connectivity index (χ0n) is 11.6. The quantitative estimate of drug-likeness (QED) is 0.922. The lowest BCUT2D eigenvalue weighted by molar-refractivity contribution is 0.199. The molecule has 0 aliphatic rings. The first-order valence-electron chi connectivity index (χ1n) is 6.50. The summed E-state index contributed by atoms with van der Waals surface area (Å²) in [6.07, 6.45) is -0.477. The zero-order valence-corrected chi connectivity index (χ0v) is 11.6. The Balaban J connectivity index is 2.09. The Morgan fingerprint density at radius 1 is 1.25 bits per heavy atom. The number of hydrogen-bond acceptors (Lipinski definition) is 3. The summed E-state index contributed by atoms with van der Waals surface area (Å²) in [5, 5.41) is 18.4. The van der Waals surface area contributed by atoms with Crippen LogP contribution >= 0.6 is 0 Å². The van der Waals surface area contributed by atoms with E-state index >= 15 is 0 Å². The van der Waals surface area contributed by atoms with Crippen LogP contribution in [0.1, 0.15) is 35.3 Å². The first-order chi connectivity index (χ1) is 9.60. The van der Waals surface area contributed by atoms with Gasteiger partial charge in [-0.2, -0.15) is 5.26 Å². The number of aryl methyl sites for hydroxylation is 1. The third-order valence-electron chi connectivity index (χ3n) is 3.13. The Labute approximate surface area is 119 Å². The van der Waals surface area contributed by atoms with Crippen LogP contribution < -0.4 is 4.74 Å². The molecule has 2 rings (SSSR count). The van der Waals surface area contributed by atoms with Crippen LogP contribution in [0.4, 0.5) is 0 Å². The van der Waals surface area contributed by atoms with Crippen LogP contribution in [0.15, 0.2) is 42.5 Å². The average Bonchev–Trinajstić information content (AvgIpc) is 2.46. The summed E-state index contributed by atoms with van der Waals surface area (Å²) in [5.74, 6) is 0.789. The number of nitrogens with zero attached hydrogens (tertiary/aromatic N) is 1. The van der Waals surface area contributed by atoms with Gasteiger partial charge in [-0.05, 0) is 54.8 Å². The number of hydrogen-bond donors (Lipinski definition) is 1. The second-order valence-corrected chi connectivity index (χ2v) is 4.80. The largest absolute Gasteiger partial charge is 0.489 e. The van der Waals surface area contributed by atoms with Gasteiger partial charge in [0, 0.05) is 0 Å². The minimum Gasteiger partial charge on any atom is -0.489 e. The van der Waals surface area contributed by atoms with Gasteiger partial charge in [-0.1, -0.05) is 18.2 Å². The Bertz CT molecular complexity index is 642. The minimum absolute atomic E-state index is 0.421. The van der Waals surface area contributed by atoms with E-state index in [9.17, 15) is 5.11 Å². The molecule has 0 aliphatic carbocycles. The highest BCUT2D eigenvalue weighted by Gasteiger charge is 2.05. The van der Waals surface area contributed by atoms with Crippen molar-refractivity contribution in [1.29, 1.82) is 5.26 Å². The maximum absolute atomic E-state index is 9.53. The molecule has 0 heterocycles. The highest BCUT2D eigenvalue weighted by atomic mass is 16.5. The van der Waals surface area contributed by atoms with Crippen LogP contribution in [-0.2, 0) is 6.61 Å². The third-order valence-corrected chi connectivity index (χ3v) is 3.13. The zero-order chi connectivity index (χ0) is 14.5. The summed E-state index contributed by atoms with van der Waals surface area (Å²) >= 11 is 0. The van der Waals surface area contributed by atoms with Crippen molar-refractivity contribution in [3.05, 3.63) is 64.7 Å². The molecule has 0 spiro atoms. The van der Waals surface area contributed by atoms with Gasteiger partial charge in [0.15, 0.2) is 0 Å². The van der Waals surface area contributed by atoms with Gasteiger partial charge in [-0.15, -0.1) is 0 Å². The molecule has 0 aromatic heterocycles. The van der Waals surface area contributed by atoms with Gasteiger partial charge in [0.05, 0.1) is 17.7 Å². The first kappa shape index (κ1) is 14.1. The van der Waals surface area contributed by atoms with Crippen molar-refractivity contribution in [3.63, 3.8) is 0 Å². The van der Waals surface area contributed by atoms with Crippen molar-refractivity contribution in [2.24, 2.45) is 0 Å². The molecule has 0 amide bonds. The van der Waals surface area contributed by atoms with Crippen LogP contribution in [-0.4, -0.2) is 5.11 Å². The SMILES string of the molecule is Cc1cc([C@@H](C)O)ccc1OCc1cccc(C#N)c1. The highest BCUT2D eigenvalue weighted by Crippen LogP contribution is 2.23. The fourth-order valence-corrected chi connectivity index (χ4v) is 1.99. The highest BCUT2D eigenvalue weighted by molar-refractivity contribution is 5.37. The lowest BCUT2D eigenvalue weighted by atomic mass is 10.1. The average molecular weight is 267 g/mol. The Kier molecular flexibility index (Phi) is 4.39. The van der Waals surface area contributed by atoms with Gasteiger partial charge in [-0.3, -0.25) is 0 Å². The summed E-state index contributed by atoms with van der Waals surface area (Å²) in [6, 6.07) is 15.1. The topological polar surface area (TPSA) is 53.2 Å². The summed E-state index contributed by atoms with van der Waals surface area (Å²) in [7, 11) is 0. The summed E-state index contributed by atoms with van der Waals surface area (Å²) in [6.45, 7) is 4.11. The van der Waals surface area contributed by atoms with Crippen LogP contribution in [0.3, 0.4) is 0 Å². The maximum atomic E-state index is 9.53. The second kappa shape index (κ2) is 6.23. The molecule has 1 N–H and O–H groups in total. The minimum atomic E-state index is -0.477. The molecule has 3 heteroatoms. The molecule has 3 nitrogen and oxygen atoms in total. The van der Waals surface area contributed by atoms with Gasteiger partial charge in [0.1, 0.15) is 12.4 Å². The summed E-state index contributed by atoms with van der Waals surface area (Å²) in [4.78, 5) is 0. The number of ether oxygens (including phenoxy) is 1. The van der Waals surface area contributed by atoms with E-state index in [1.807, 2.05) is 43.3 Å². The van der Waals surface area contributed by atoms with Crippen molar-refractivity contribution in [2.75, 3.05) is 0 Å². The Morgan fingerprint density at radius 2 is 2.05 bits per heavy atom. The number of rotatable bonds is 4. The molecule has 102 valence electrons. The smallest absolute Gasteiger partial charge is 0.122 e. The molecule has 0 bridgehead atoms. The molecule has 20 heavy (non-hydrogen) atoms. The monoisotopic (exact) mass is 267 g/mol. The van der Waals surface area contributed by atoms with E-state index < -0.39 is 6.10 Å². The maximum Gasteiger partial charge on any atom is 0.122 e. The van der Waals surface area contributed by atoms with Crippen LogP contribution in [0.2, 0.25) is 0 Å². The van der Waals surface area contributed by atoms with Crippen molar-refractivity contribution >= 4 is 0 Å². The van der Waals surface area contributed by atoms with E-state index in [0.29, 0.717) is 12.2 Å². The molecule has 1 atom stereocenters. The predicted molar refractivity (Wildman–Crippen MR) is 77.3 cm³/mol. The third kappa shape index (κ3) is 3.37. The Morgan fingerprint density at radius 3 is 2.70 bits per heavy atom. The second-order valence-electron chi connectivity index (χ2n) is 4.80. The fraction of sp³-hybridized carbons (Fsp3) is 0.235. The molecule has 0 saturated heterocycles. The molecule has 0 unspecified atom stereocenters. The van der Waals surface area contributed by atoms with Crippen molar-refractivity contribution in [1.82, 2.24) is 0 Å². The molecule has 0 saturated carbocycles. The lowest BCUT2D eigenvalue weighted by Gasteiger charge is -2.12. The fourth-order valence-electron chi connectivity index (χ4n) is 1.99. The van der Waals surface area contributed by atoms with Gasteiger partial charge in [0.25, 0.3) is 0 Å². The van der Waals surface area contributed by atoms with Gasteiger partial charge < -0.3 is 9.84 Å². The first-order valence-corrected chi connectivity index (χ1v) is 6.50. The van der Waals surface area contributed by atoms with Crippen molar-refractivity contribution in [2.45, 2.75) is 26.6 Å². The molecule has 2 aromatic carbocycles. The van der Waals surface area contributed by atoms with E-state index in [1.54, 1.807) is 13.0 Å².